The third kappa shape index (κ3) is 9.25. The van der Waals surface area contributed by atoms with Crippen LogP contribution in [0, 0.1) is 0 Å². The molecule has 0 saturated heterocycles. The van der Waals surface area contributed by atoms with Crippen molar-refractivity contribution in [3.05, 3.63) is 0 Å². The van der Waals surface area contributed by atoms with Gasteiger partial charge in [0.15, 0.2) is 0 Å². The second-order valence-electron chi connectivity index (χ2n) is 5.09. The Labute approximate surface area is 126 Å². The van der Waals surface area contributed by atoms with E-state index in [1.807, 2.05) is 6.92 Å². The highest BCUT2D eigenvalue weighted by molar-refractivity contribution is 5.82. The van der Waals surface area contributed by atoms with Crippen molar-refractivity contribution in [2.75, 3.05) is 26.2 Å². The highest BCUT2D eigenvalue weighted by Crippen LogP contribution is 2.00. The first-order valence-electron chi connectivity index (χ1n) is 7.57. The van der Waals surface area contributed by atoms with Gasteiger partial charge in [0, 0.05) is 19.1 Å². The Balaban J connectivity index is 4.00. The summed E-state index contributed by atoms with van der Waals surface area (Å²) in [5.74, 6) is -1.15. The maximum atomic E-state index is 11.7. The van der Waals surface area contributed by atoms with Gasteiger partial charge in [-0.2, -0.15) is 0 Å². The molecule has 0 aliphatic rings. The largest absolute Gasteiger partial charge is 0.480 e. The molecule has 0 heterocycles. The number of nitrogens with one attached hydrogen (secondary N) is 2. The van der Waals surface area contributed by atoms with E-state index in [4.69, 9.17) is 10.2 Å². The van der Waals surface area contributed by atoms with Gasteiger partial charge in [-0.3, -0.25) is 0 Å². The Morgan fingerprint density at radius 3 is 2.24 bits per heavy atom. The van der Waals surface area contributed by atoms with E-state index in [1.165, 1.54) is 0 Å². The topological polar surface area (TPSA) is 102 Å². The van der Waals surface area contributed by atoms with Gasteiger partial charge in [0.05, 0.1) is 0 Å². The van der Waals surface area contributed by atoms with Crippen LogP contribution < -0.4 is 10.6 Å². The molecule has 21 heavy (non-hydrogen) atoms. The SMILES string of the molecule is CCN(CC)CCCC(C)NC(=O)N[C@@H](CCO)C(=O)O. The van der Waals surface area contributed by atoms with E-state index < -0.39 is 18.0 Å². The van der Waals surface area contributed by atoms with Crippen molar-refractivity contribution >= 4 is 12.0 Å². The van der Waals surface area contributed by atoms with Crippen LogP contribution in [-0.2, 0) is 4.79 Å². The molecular weight excluding hydrogens is 274 g/mol. The molecule has 0 spiro atoms. The van der Waals surface area contributed by atoms with E-state index in [0.29, 0.717) is 0 Å². The maximum absolute atomic E-state index is 11.7. The summed E-state index contributed by atoms with van der Waals surface area (Å²) in [5, 5.41) is 22.7. The lowest BCUT2D eigenvalue weighted by Gasteiger charge is -2.20. The third-order valence-electron chi connectivity index (χ3n) is 3.40. The van der Waals surface area contributed by atoms with Crippen molar-refractivity contribution in [2.24, 2.45) is 0 Å². The molecule has 0 aliphatic carbocycles. The first-order chi connectivity index (χ1) is 9.94. The average molecular weight is 303 g/mol. The molecule has 7 heteroatoms. The zero-order chi connectivity index (χ0) is 16.3. The van der Waals surface area contributed by atoms with Crippen molar-refractivity contribution in [3.63, 3.8) is 0 Å². The number of urea groups is 1. The van der Waals surface area contributed by atoms with Crippen molar-refractivity contribution in [2.45, 2.75) is 52.1 Å². The van der Waals surface area contributed by atoms with E-state index in [-0.39, 0.29) is 19.1 Å². The number of hydrogen-bond donors (Lipinski definition) is 4. The number of carbonyl (C=O) groups excluding carboxylic acids is 1. The molecule has 0 saturated carbocycles. The van der Waals surface area contributed by atoms with Crippen molar-refractivity contribution < 1.29 is 19.8 Å². The summed E-state index contributed by atoms with van der Waals surface area (Å²) in [7, 11) is 0. The van der Waals surface area contributed by atoms with Crippen LogP contribution in [0.3, 0.4) is 0 Å². The molecule has 0 aromatic heterocycles. The maximum Gasteiger partial charge on any atom is 0.326 e. The normalized spacial score (nSPS) is 13.8. The van der Waals surface area contributed by atoms with Gasteiger partial charge in [-0.15, -0.1) is 0 Å². The van der Waals surface area contributed by atoms with Crippen LogP contribution in [0.25, 0.3) is 0 Å². The van der Waals surface area contributed by atoms with Crippen LogP contribution in [0.2, 0.25) is 0 Å². The predicted octanol–water partition coefficient (Wildman–Crippen LogP) is 0.632. The summed E-state index contributed by atoms with van der Waals surface area (Å²) in [5.41, 5.74) is 0. The molecule has 1 unspecified atom stereocenters. The molecular formula is C14H29N3O4. The molecule has 2 amide bonds. The minimum atomic E-state index is -1.15. The number of amides is 2. The smallest absolute Gasteiger partial charge is 0.326 e. The minimum Gasteiger partial charge on any atom is -0.480 e. The quantitative estimate of drug-likeness (QED) is 0.448. The number of rotatable bonds is 11. The van der Waals surface area contributed by atoms with Gasteiger partial charge in [-0.1, -0.05) is 13.8 Å². The summed E-state index contributed by atoms with van der Waals surface area (Å²) >= 11 is 0. The number of carboxylic acids is 1. The van der Waals surface area contributed by atoms with Gasteiger partial charge in [-0.05, 0) is 39.4 Å². The number of aliphatic hydroxyl groups excluding tert-OH is 1. The minimum absolute atomic E-state index is 0.000899. The fourth-order valence-corrected chi connectivity index (χ4v) is 2.04. The molecule has 0 aromatic rings. The van der Waals surface area contributed by atoms with E-state index in [2.05, 4.69) is 29.4 Å². The van der Waals surface area contributed by atoms with Crippen molar-refractivity contribution in [1.82, 2.24) is 15.5 Å². The standard InChI is InChI=1S/C14H29N3O4/c1-4-17(5-2)9-6-7-11(3)15-14(21)16-12(8-10-18)13(19)20/h11-12,18H,4-10H2,1-3H3,(H,19,20)(H2,15,16,21)/t11?,12-/m0/s1. The van der Waals surface area contributed by atoms with Crippen LogP contribution in [0.5, 0.6) is 0 Å². The van der Waals surface area contributed by atoms with E-state index in [1.54, 1.807) is 0 Å². The van der Waals surface area contributed by atoms with Crippen LogP contribution in [-0.4, -0.2) is 65.4 Å². The van der Waals surface area contributed by atoms with Crippen molar-refractivity contribution in [3.8, 4) is 0 Å². The molecule has 2 atom stereocenters. The van der Waals surface area contributed by atoms with Gasteiger partial charge in [0.25, 0.3) is 0 Å². The van der Waals surface area contributed by atoms with E-state index >= 15 is 0 Å². The van der Waals surface area contributed by atoms with E-state index in [9.17, 15) is 9.59 Å². The summed E-state index contributed by atoms with van der Waals surface area (Å²) in [4.78, 5) is 24.9. The number of nitrogens with zero attached hydrogens (tertiary/aromatic N) is 1. The summed E-state index contributed by atoms with van der Waals surface area (Å²) < 4.78 is 0. The first kappa shape index (κ1) is 19.7. The van der Waals surface area contributed by atoms with Gasteiger partial charge >= 0.3 is 12.0 Å². The molecule has 124 valence electrons. The first-order valence-corrected chi connectivity index (χ1v) is 7.57. The zero-order valence-corrected chi connectivity index (χ0v) is 13.3. The lowest BCUT2D eigenvalue weighted by Crippen LogP contribution is -2.48. The van der Waals surface area contributed by atoms with Crippen LogP contribution in [0.4, 0.5) is 4.79 Å². The van der Waals surface area contributed by atoms with Crippen LogP contribution >= 0.6 is 0 Å². The van der Waals surface area contributed by atoms with Gasteiger partial charge in [0.2, 0.25) is 0 Å². The Bertz CT molecular complexity index is 309. The zero-order valence-electron chi connectivity index (χ0n) is 13.3. The Hall–Kier alpha value is -1.34. The highest BCUT2D eigenvalue weighted by Gasteiger charge is 2.19. The number of hydrogen-bond acceptors (Lipinski definition) is 4. The molecule has 4 N–H and O–H groups in total. The summed E-state index contributed by atoms with van der Waals surface area (Å²) in [6, 6.07) is -1.59. The highest BCUT2D eigenvalue weighted by atomic mass is 16.4. The number of carboxylic acid groups (broad SMARTS) is 1. The number of aliphatic carboxylic acids is 1. The summed E-state index contributed by atoms with van der Waals surface area (Å²) in [6.45, 7) is 8.86. The lowest BCUT2D eigenvalue weighted by atomic mass is 10.1. The van der Waals surface area contributed by atoms with Crippen molar-refractivity contribution in [1.29, 1.82) is 0 Å². The molecule has 0 rings (SSSR count). The fourth-order valence-electron chi connectivity index (χ4n) is 2.04. The summed E-state index contributed by atoms with van der Waals surface area (Å²) in [6.07, 6.45) is 1.81. The predicted molar refractivity (Wildman–Crippen MR) is 81.3 cm³/mol. The second kappa shape index (κ2) is 11.3. The van der Waals surface area contributed by atoms with Crippen LogP contribution in [0.15, 0.2) is 0 Å². The van der Waals surface area contributed by atoms with E-state index in [0.717, 1.165) is 32.5 Å². The Kier molecular flexibility index (Phi) is 10.6. The molecule has 7 nitrogen and oxygen atoms in total. The van der Waals surface area contributed by atoms with Gasteiger partial charge in [0.1, 0.15) is 6.04 Å². The molecule has 0 radical (unpaired) electrons. The fraction of sp³-hybridized carbons (Fsp3) is 0.857. The molecule has 0 aliphatic heterocycles. The molecule has 0 aromatic carbocycles. The third-order valence-corrected chi connectivity index (χ3v) is 3.40. The van der Waals surface area contributed by atoms with Crippen LogP contribution in [0.1, 0.15) is 40.0 Å². The second-order valence-corrected chi connectivity index (χ2v) is 5.09. The Morgan fingerprint density at radius 1 is 1.14 bits per heavy atom. The number of aliphatic hydroxyl groups is 1. The van der Waals surface area contributed by atoms with Gasteiger partial charge in [-0.25, -0.2) is 9.59 Å². The Morgan fingerprint density at radius 2 is 1.76 bits per heavy atom. The number of carbonyl (C=O) groups is 2. The lowest BCUT2D eigenvalue weighted by molar-refractivity contribution is -0.139. The molecule has 0 fully saturated rings. The molecule has 0 bridgehead atoms. The average Bonchev–Trinajstić information content (AvgIpc) is 2.43. The van der Waals surface area contributed by atoms with Gasteiger partial charge < -0.3 is 25.7 Å². The monoisotopic (exact) mass is 303 g/mol.